The highest BCUT2D eigenvalue weighted by molar-refractivity contribution is 7.71. The summed E-state index contributed by atoms with van der Waals surface area (Å²) in [5, 5.41) is 12.7. The Morgan fingerprint density at radius 3 is 2.74 bits per heavy atom. The number of benzene rings is 2. The van der Waals surface area contributed by atoms with Gasteiger partial charge >= 0.3 is 0 Å². The van der Waals surface area contributed by atoms with E-state index >= 15 is 0 Å². The third kappa shape index (κ3) is 3.11. The molecule has 0 unspecified atom stereocenters. The third-order valence-corrected chi connectivity index (χ3v) is 4.49. The molecule has 0 saturated heterocycles. The van der Waals surface area contributed by atoms with Crippen LogP contribution in [-0.2, 0) is 0 Å². The van der Waals surface area contributed by atoms with Crippen molar-refractivity contribution in [1.29, 1.82) is 0 Å². The molecule has 0 radical (unpaired) electrons. The Labute approximate surface area is 160 Å². The molecule has 27 heavy (non-hydrogen) atoms. The number of hydrogen-bond donors (Lipinski definition) is 2. The van der Waals surface area contributed by atoms with Gasteiger partial charge in [0, 0.05) is 28.2 Å². The second-order valence-electron chi connectivity index (χ2n) is 5.77. The highest BCUT2D eigenvalue weighted by Crippen LogP contribution is 2.31. The molecule has 4 rings (SSSR count). The summed E-state index contributed by atoms with van der Waals surface area (Å²) in [6.07, 6.45) is 3.67. The molecule has 0 aliphatic carbocycles. The molecule has 0 saturated carbocycles. The summed E-state index contributed by atoms with van der Waals surface area (Å²) >= 11 is 5.34. The Bertz CT molecular complexity index is 1190. The van der Waals surface area contributed by atoms with E-state index in [-0.39, 0.29) is 0 Å². The van der Waals surface area contributed by atoms with Crippen molar-refractivity contribution in [2.75, 3.05) is 14.2 Å². The van der Waals surface area contributed by atoms with E-state index < -0.39 is 0 Å². The number of nitrogens with zero attached hydrogens (tertiary/aromatic N) is 3. The molecule has 0 fully saturated rings. The fraction of sp³-hybridized carbons (Fsp3) is 0.105. The molecule has 2 aromatic carbocycles. The number of para-hydroxylation sites is 1. The van der Waals surface area contributed by atoms with Crippen molar-refractivity contribution in [2.45, 2.75) is 0 Å². The number of H-pyrrole nitrogens is 2. The fourth-order valence-electron chi connectivity index (χ4n) is 2.88. The number of aromatic amines is 2. The number of hydrogen-bond acceptors (Lipinski definition) is 5. The van der Waals surface area contributed by atoms with Crippen molar-refractivity contribution in [3.63, 3.8) is 0 Å². The minimum atomic E-state index is 0.399. The van der Waals surface area contributed by atoms with E-state index in [2.05, 4.69) is 20.3 Å². The molecule has 0 aliphatic rings. The lowest BCUT2D eigenvalue weighted by molar-refractivity contribution is 0.355. The molecule has 0 spiro atoms. The van der Waals surface area contributed by atoms with Gasteiger partial charge in [0.2, 0.25) is 4.77 Å². The van der Waals surface area contributed by atoms with Crippen LogP contribution in [0.25, 0.3) is 22.3 Å². The van der Waals surface area contributed by atoms with E-state index in [4.69, 9.17) is 21.7 Å². The van der Waals surface area contributed by atoms with E-state index in [9.17, 15) is 0 Å². The molecular weight excluding hydrogens is 362 g/mol. The van der Waals surface area contributed by atoms with Gasteiger partial charge in [-0.1, -0.05) is 18.2 Å². The first-order valence-electron chi connectivity index (χ1n) is 8.21. The first kappa shape index (κ1) is 17.0. The summed E-state index contributed by atoms with van der Waals surface area (Å²) in [5.74, 6) is 1.83. The first-order valence-corrected chi connectivity index (χ1v) is 8.62. The second kappa shape index (κ2) is 7.08. The molecule has 7 nitrogen and oxygen atoms in total. The monoisotopic (exact) mass is 379 g/mol. The van der Waals surface area contributed by atoms with Gasteiger partial charge in [0.15, 0.2) is 17.3 Å². The molecule has 2 aromatic heterocycles. The number of ether oxygens (including phenoxy) is 2. The lowest BCUT2D eigenvalue weighted by Gasteiger charge is -2.09. The smallest absolute Gasteiger partial charge is 0.216 e. The van der Waals surface area contributed by atoms with Crippen LogP contribution in [-0.4, -0.2) is 40.3 Å². The Hall–Kier alpha value is -3.39. The van der Waals surface area contributed by atoms with Gasteiger partial charge in [0.25, 0.3) is 0 Å². The van der Waals surface area contributed by atoms with Crippen molar-refractivity contribution in [1.82, 2.24) is 19.9 Å². The maximum absolute atomic E-state index is 5.37. The number of methoxy groups -OCH3 is 2. The fourth-order valence-corrected chi connectivity index (χ4v) is 3.06. The molecule has 136 valence electrons. The van der Waals surface area contributed by atoms with Crippen LogP contribution in [0.1, 0.15) is 5.56 Å². The van der Waals surface area contributed by atoms with Crippen LogP contribution >= 0.6 is 12.2 Å². The van der Waals surface area contributed by atoms with Crippen molar-refractivity contribution in [3.05, 3.63) is 59.0 Å². The summed E-state index contributed by atoms with van der Waals surface area (Å²) in [5.41, 5.74) is 2.82. The highest BCUT2D eigenvalue weighted by Gasteiger charge is 2.12. The average Bonchev–Trinajstić information content (AvgIpc) is 3.29. The van der Waals surface area contributed by atoms with Gasteiger partial charge in [-0.2, -0.15) is 14.9 Å². The van der Waals surface area contributed by atoms with E-state index in [1.165, 1.54) is 0 Å². The standard InChI is InChI=1S/C19H17N5O2S/c1-25-16-8-7-12(9-17(16)26-2)18-22-23-19(27)24(18)21-11-13-10-20-15-6-4-3-5-14(13)15/h3-11,20H,1-2H3,(H,23,27)/b21-11-. The van der Waals surface area contributed by atoms with Crippen LogP contribution in [0.5, 0.6) is 11.5 Å². The zero-order valence-corrected chi connectivity index (χ0v) is 15.6. The number of fused-ring (bicyclic) bond motifs is 1. The lowest BCUT2D eigenvalue weighted by atomic mass is 10.2. The molecule has 2 N–H and O–H groups in total. The predicted octanol–water partition coefficient (Wildman–Crippen LogP) is 3.99. The van der Waals surface area contributed by atoms with Gasteiger partial charge in [0.05, 0.1) is 20.4 Å². The van der Waals surface area contributed by atoms with Gasteiger partial charge in [-0.05, 0) is 36.5 Å². The molecule has 0 aliphatic heterocycles. The van der Waals surface area contributed by atoms with Crippen LogP contribution in [0.2, 0.25) is 0 Å². The number of nitrogens with one attached hydrogen (secondary N) is 2. The largest absolute Gasteiger partial charge is 0.493 e. The van der Waals surface area contributed by atoms with E-state index in [0.29, 0.717) is 22.1 Å². The third-order valence-electron chi connectivity index (χ3n) is 4.23. The Morgan fingerprint density at radius 2 is 1.93 bits per heavy atom. The van der Waals surface area contributed by atoms with E-state index in [0.717, 1.165) is 22.0 Å². The summed E-state index contributed by atoms with van der Waals surface area (Å²) in [6, 6.07) is 13.6. The molecule has 0 bridgehead atoms. The van der Waals surface area contributed by atoms with E-state index in [1.54, 1.807) is 25.1 Å². The van der Waals surface area contributed by atoms with Crippen molar-refractivity contribution < 1.29 is 9.47 Å². The topological polar surface area (TPSA) is 80.2 Å². The lowest BCUT2D eigenvalue weighted by Crippen LogP contribution is -1.96. The molecular formula is C19H17N5O2S. The minimum Gasteiger partial charge on any atom is -0.493 e. The molecule has 0 amide bonds. The summed E-state index contributed by atoms with van der Waals surface area (Å²) < 4.78 is 12.6. The van der Waals surface area contributed by atoms with Gasteiger partial charge in [-0.15, -0.1) is 0 Å². The SMILES string of the molecule is COc1ccc(-c2n[nH]c(=S)n2/N=C\c2c[nH]c3ccccc23)cc1OC. The maximum Gasteiger partial charge on any atom is 0.216 e. The quantitative estimate of drug-likeness (QED) is 0.406. The summed E-state index contributed by atoms with van der Waals surface area (Å²) in [7, 11) is 3.19. The normalized spacial score (nSPS) is 11.3. The first-order chi connectivity index (χ1) is 13.2. The average molecular weight is 379 g/mol. The number of aromatic nitrogens is 4. The molecule has 4 aromatic rings. The van der Waals surface area contributed by atoms with Crippen molar-refractivity contribution >= 4 is 29.3 Å². The molecule has 8 heteroatoms. The molecule has 2 heterocycles. The van der Waals surface area contributed by atoms with Gasteiger partial charge < -0.3 is 14.5 Å². The Morgan fingerprint density at radius 1 is 1.11 bits per heavy atom. The number of rotatable bonds is 5. The Balaban J connectivity index is 1.75. The zero-order chi connectivity index (χ0) is 18.8. The maximum atomic E-state index is 5.37. The van der Waals surface area contributed by atoms with Crippen LogP contribution < -0.4 is 9.47 Å². The van der Waals surface area contributed by atoms with Crippen LogP contribution in [0, 0.1) is 4.77 Å². The zero-order valence-electron chi connectivity index (χ0n) is 14.8. The van der Waals surface area contributed by atoms with Crippen LogP contribution in [0.4, 0.5) is 0 Å². The molecule has 0 atom stereocenters. The van der Waals surface area contributed by atoms with Gasteiger partial charge in [-0.3, -0.25) is 0 Å². The second-order valence-corrected chi connectivity index (χ2v) is 6.15. The van der Waals surface area contributed by atoms with Crippen LogP contribution in [0.15, 0.2) is 53.8 Å². The van der Waals surface area contributed by atoms with Crippen molar-refractivity contribution in [2.24, 2.45) is 5.10 Å². The van der Waals surface area contributed by atoms with E-state index in [1.807, 2.05) is 48.7 Å². The predicted molar refractivity (Wildman–Crippen MR) is 107 cm³/mol. The van der Waals surface area contributed by atoms with Crippen LogP contribution in [0.3, 0.4) is 0 Å². The van der Waals surface area contributed by atoms with Crippen molar-refractivity contribution in [3.8, 4) is 22.9 Å². The highest BCUT2D eigenvalue weighted by atomic mass is 32.1. The van der Waals surface area contributed by atoms with Gasteiger partial charge in [0.1, 0.15) is 0 Å². The summed E-state index contributed by atoms with van der Waals surface area (Å²) in [6.45, 7) is 0. The Kier molecular flexibility index (Phi) is 4.47. The summed E-state index contributed by atoms with van der Waals surface area (Å²) in [4.78, 5) is 3.23. The van der Waals surface area contributed by atoms with Gasteiger partial charge in [-0.25, -0.2) is 5.10 Å². The minimum absolute atomic E-state index is 0.399.